The van der Waals surface area contributed by atoms with Crippen molar-refractivity contribution in [2.24, 2.45) is 0 Å². The minimum absolute atomic E-state index is 0.116. The monoisotopic (exact) mass is 402 g/mol. The molecule has 0 bridgehead atoms. The summed E-state index contributed by atoms with van der Waals surface area (Å²) in [5.74, 6) is -1.17. The Morgan fingerprint density at radius 3 is 2.47 bits per heavy atom. The summed E-state index contributed by atoms with van der Waals surface area (Å²) in [4.78, 5) is 51.3. The molecule has 2 aromatic carbocycles. The summed E-state index contributed by atoms with van der Waals surface area (Å²) in [6.45, 7) is 3.73. The number of benzene rings is 2. The van der Waals surface area contributed by atoms with Crippen molar-refractivity contribution in [3.8, 4) is 0 Å². The zero-order chi connectivity index (χ0) is 21.3. The molecule has 152 valence electrons. The summed E-state index contributed by atoms with van der Waals surface area (Å²) in [5, 5.41) is 2.62. The molecular weight excluding hydrogens is 380 g/mol. The number of hydrogen-bond acceptors (Lipinski definition) is 4. The van der Waals surface area contributed by atoms with E-state index < -0.39 is 17.9 Å². The summed E-state index contributed by atoms with van der Waals surface area (Å²) >= 11 is 0. The van der Waals surface area contributed by atoms with Gasteiger partial charge >= 0.3 is 0 Å². The van der Waals surface area contributed by atoms with Crippen LogP contribution >= 0.6 is 0 Å². The Morgan fingerprint density at radius 1 is 1.00 bits per heavy atom. The summed E-state index contributed by atoms with van der Waals surface area (Å²) in [6.07, 6.45) is 2.12. The third kappa shape index (κ3) is 3.81. The first-order valence-corrected chi connectivity index (χ1v) is 9.99. The van der Waals surface area contributed by atoms with Crippen LogP contribution in [0.5, 0.6) is 0 Å². The number of carbonyl (C=O) groups excluding carboxylic acids is 4. The number of hydrogen-bond donors (Lipinski definition) is 1. The van der Waals surface area contributed by atoms with Crippen molar-refractivity contribution in [3.05, 3.63) is 83.1 Å². The minimum atomic E-state index is -0.821. The number of nitrogens with one attached hydrogen (secondary N) is 1. The van der Waals surface area contributed by atoms with Crippen LogP contribution in [-0.4, -0.2) is 34.4 Å². The molecule has 1 atom stereocenters. The SMILES string of the molecule is C=C1CCC(N2C(=O)c3ccc(CCC(=O)Cc4ccccc4)cc3C2=O)C(=O)N1. The summed E-state index contributed by atoms with van der Waals surface area (Å²) in [6, 6.07) is 13.8. The number of allylic oxidation sites excluding steroid dienone is 1. The molecule has 0 saturated carbocycles. The highest BCUT2D eigenvalue weighted by Crippen LogP contribution is 2.29. The lowest BCUT2D eigenvalue weighted by molar-refractivity contribution is -0.125. The van der Waals surface area contributed by atoms with Crippen molar-refractivity contribution < 1.29 is 19.2 Å². The van der Waals surface area contributed by atoms with E-state index in [1.807, 2.05) is 30.3 Å². The maximum absolute atomic E-state index is 12.9. The Labute approximate surface area is 174 Å². The Kier molecular flexibility index (Phi) is 5.31. The zero-order valence-corrected chi connectivity index (χ0v) is 16.5. The summed E-state index contributed by atoms with van der Waals surface area (Å²) < 4.78 is 0. The number of rotatable bonds is 6. The molecule has 1 unspecified atom stereocenters. The van der Waals surface area contributed by atoms with Gasteiger partial charge in [-0.1, -0.05) is 43.0 Å². The molecule has 2 aliphatic heterocycles. The number of ketones is 1. The van der Waals surface area contributed by atoms with Crippen LogP contribution in [0.25, 0.3) is 0 Å². The van der Waals surface area contributed by atoms with Gasteiger partial charge in [0.25, 0.3) is 11.8 Å². The number of carbonyl (C=O) groups is 4. The molecule has 0 aromatic heterocycles. The van der Waals surface area contributed by atoms with Crippen LogP contribution in [0.1, 0.15) is 51.1 Å². The topological polar surface area (TPSA) is 83.6 Å². The minimum Gasteiger partial charge on any atom is -0.329 e. The Balaban J connectivity index is 1.45. The number of amides is 3. The summed E-state index contributed by atoms with van der Waals surface area (Å²) in [5.41, 5.74) is 2.98. The predicted octanol–water partition coefficient (Wildman–Crippen LogP) is 2.82. The van der Waals surface area contributed by atoms with Gasteiger partial charge in [-0.15, -0.1) is 0 Å². The highest BCUT2D eigenvalue weighted by molar-refractivity contribution is 6.23. The van der Waals surface area contributed by atoms with Gasteiger partial charge in [0.2, 0.25) is 5.91 Å². The number of aryl methyl sites for hydroxylation is 1. The molecule has 6 nitrogen and oxygen atoms in total. The van der Waals surface area contributed by atoms with Gasteiger partial charge in [0, 0.05) is 18.5 Å². The zero-order valence-electron chi connectivity index (χ0n) is 16.5. The van der Waals surface area contributed by atoms with Crippen molar-refractivity contribution in [1.82, 2.24) is 10.2 Å². The van der Waals surface area contributed by atoms with Gasteiger partial charge in [-0.3, -0.25) is 24.1 Å². The molecule has 2 heterocycles. The van der Waals surface area contributed by atoms with Crippen LogP contribution in [-0.2, 0) is 22.4 Å². The van der Waals surface area contributed by atoms with Gasteiger partial charge in [-0.05, 0) is 42.5 Å². The lowest BCUT2D eigenvalue weighted by atomic mass is 9.99. The fraction of sp³-hybridized carbons (Fsp3) is 0.250. The van der Waals surface area contributed by atoms with E-state index in [-0.39, 0.29) is 11.7 Å². The second kappa shape index (κ2) is 8.06. The van der Waals surface area contributed by atoms with Crippen molar-refractivity contribution in [2.45, 2.75) is 38.1 Å². The maximum Gasteiger partial charge on any atom is 0.262 e. The predicted molar refractivity (Wildman–Crippen MR) is 111 cm³/mol. The largest absolute Gasteiger partial charge is 0.329 e. The molecule has 2 aliphatic rings. The van der Waals surface area contributed by atoms with E-state index in [2.05, 4.69) is 11.9 Å². The van der Waals surface area contributed by atoms with Gasteiger partial charge < -0.3 is 5.32 Å². The van der Waals surface area contributed by atoms with E-state index in [9.17, 15) is 19.2 Å². The van der Waals surface area contributed by atoms with Crippen LogP contribution < -0.4 is 5.32 Å². The van der Waals surface area contributed by atoms with Gasteiger partial charge in [-0.2, -0.15) is 0 Å². The molecule has 30 heavy (non-hydrogen) atoms. The van der Waals surface area contributed by atoms with E-state index in [1.165, 1.54) is 0 Å². The number of nitrogens with zero attached hydrogens (tertiary/aromatic N) is 1. The molecule has 1 saturated heterocycles. The second-order valence-corrected chi connectivity index (χ2v) is 7.71. The standard InChI is InChI=1S/C24H22N2O4/c1-15-7-12-21(22(28)25-15)26-23(29)19-11-9-17(14-20(19)24(26)30)8-10-18(27)13-16-5-3-2-4-6-16/h2-6,9,11,14,21H,1,7-8,10,12-13H2,(H,25,28). The van der Waals surface area contributed by atoms with Crippen molar-refractivity contribution in [2.75, 3.05) is 0 Å². The van der Waals surface area contributed by atoms with Gasteiger partial charge in [-0.25, -0.2) is 0 Å². The molecule has 0 aliphatic carbocycles. The van der Waals surface area contributed by atoms with Crippen LogP contribution in [0.2, 0.25) is 0 Å². The molecule has 0 spiro atoms. The number of Topliss-reactive ketones (excluding diaryl/α,β-unsaturated/α-hetero) is 1. The first kappa shape index (κ1) is 19.8. The third-order valence-electron chi connectivity index (χ3n) is 5.55. The van der Waals surface area contributed by atoms with E-state index in [0.29, 0.717) is 48.9 Å². The smallest absolute Gasteiger partial charge is 0.262 e. The molecular formula is C24H22N2O4. The van der Waals surface area contributed by atoms with Crippen LogP contribution in [0.15, 0.2) is 60.8 Å². The average Bonchev–Trinajstić information content (AvgIpc) is 2.97. The fourth-order valence-corrected chi connectivity index (χ4v) is 3.95. The van der Waals surface area contributed by atoms with Crippen molar-refractivity contribution in [1.29, 1.82) is 0 Å². The van der Waals surface area contributed by atoms with E-state index >= 15 is 0 Å². The maximum atomic E-state index is 12.9. The normalized spacial score (nSPS) is 18.4. The average molecular weight is 402 g/mol. The van der Waals surface area contributed by atoms with Crippen molar-refractivity contribution >= 4 is 23.5 Å². The van der Waals surface area contributed by atoms with Crippen molar-refractivity contribution in [3.63, 3.8) is 0 Å². The lowest BCUT2D eigenvalue weighted by Gasteiger charge is -2.29. The van der Waals surface area contributed by atoms with Crippen LogP contribution in [0, 0.1) is 0 Å². The molecule has 1 fully saturated rings. The van der Waals surface area contributed by atoms with E-state index in [4.69, 9.17) is 0 Å². The Morgan fingerprint density at radius 2 is 1.73 bits per heavy atom. The first-order valence-electron chi connectivity index (χ1n) is 9.99. The van der Waals surface area contributed by atoms with E-state index in [1.54, 1.807) is 18.2 Å². The lowest BCUT2D eigenvalue weighted by Crippen LogP contribution is -2.51. The van der Waals surface area contributed by atoms with Gasteiger partial charge in [0.1, 0.15) is 11.8 Å². The quantitative estimate of drug-likeness (QED) is 0.753. The highest BCUT2D eigenvalue weighted by atomic mass is 16.2. The molecule has 3 amide bonds. The Hall–Kier alpha value is -3.54. The Bertz CT molecular complexity index is 1060. The van der Waals surface area contributed by atoms with Gasteiger partial charge in [0.15, 0.2) is 0 Å². The molecule has 2 aromatic rings. The number of piperidine rings is 1. The van der Waals surface area contributed by atoms with E-state index in [0.717, 1.165) is 16.0 Å². The summed E-state index contributed by atoms with van der Waals surface area (Å²) in [7, 11) is 0. The number of fused-ring (bicyclic) bond motifs is 1. The third-order valence-corrected chi connectivity index (χ3v) is 5.55. The molecule has 0 radical (unpaired) electrons. The highest BCUT2D eigenvalue weighted by Gasteiger charge is 2.43. The number of imide groups is 1. The van der Waals surface area contributed by atoms with Gasteiger partial charge in [0.05, 0.1) is 11.1 Å². The molecule has 1 N–H and O–H groups in total. The molecule has 6 heteroatoms. The fourth-order valence-electron chi connectivity index (χ4n) is 3.95. The van der Waals surface area contributed by atoms with Crippen LogP contribution in [0.4, 0.5) is 0 Å². The molecule has 4 rings (SSSR count). The first-order chi connectivity index (χ1) is 14.4. The van der Waals surface area contributed by atoms with Crippen LogP contribution in [0.3, 0.4) is 0 Å². The second-order valence-electron chi connectivity index (χ2n) is 7.71.